The maximum absolute atomic E-state index is 11.5. The lowest BCUT2D eigenvalue weighted by Crippen LogP contribution is -2.20. The lowest BCUT2D eigenvalue weighted by Gasteiger charge is -2.14. The van der Waals surface area contributed by atoms with Gasteiger partial charge in [-0.05, 0) is 25.0 Å². The molecule has 132 valence electrons. The molecule has 0 atom stereocenters. The Labute approximate surface area is 137 Å². The summed E-state index contributed by atoms with van der Waals surface area (Å²) in [7, 11) is -1.60. The first kappa shape index (κ1) is 19.5. The molecule has 5 N–H and O–H groups in total. The number of aryl methyl sites for hydroxylation is 1. The van der Waals surface area contributed by atoms with Gasteiger partial charge in [0.05, 0.1) is 23.8 Å². The average Bonchev–Trinajstić information content (AvgIpc) is 2.48. The molecular formula is C14H26N4O4S. The number of nitrogen functional groups attached to an aromatic ring is 1. The number of hydrogen-bond donors (Lipinski definition) is 4. The molecule has 1 heterocycles. The summed E-state index contributed by atoms with van der Waals surface area (Å²) in [6.07, 6.45) is 0.827. The average molecular weight is 346 g/mol. The topological polar surface area (TPSA) is 127 Å². The molecule has 0 aliphatic heterocycles. The lowest BCUT2D eigenvalue weighted by atomic mass is 10.2. The third kappa shape index (κ3) is 7.02. The Balaban J connectivity index is 2.63. The number of sulfone groups is 1. The van der Waals surface area contributed by atoms with Crippen molar-refractivity contribution in [2.75, 3.05) is 61.3 Å². The van der Waals surface area contributed by atoms with Crippen molar-refractivity contribution in [2.45, 2.75) is 13.3 Å². The SMILES string of the molecule is COCCCNc1nc(NCCS(=O)(=O)CCO)cc(C)c1N. The van der Waals surface area contributed by atoms with Gasteiger partial charge < -0.3 is 26.2 Å². The highest BCUT2D eigenvalue weighted by Gasteiger charge is 2.11. The van der Waals surface area contributed by atoms with Crippen LogP contribution in [0.2, 0.25) is 0 Å². The Hall–Kier alpha value is -1.58. The van der Waals surface area contributed by atoms with E-state index in [-0.39, 0.29) is 24.7 Å². The molecule has 0 spiro atoms. The first-order chi connectivity index (χ1) is 10.9. The summed E-state index contributed by atoms with van der Waals surface area (Å²) < 4.78 is 28.1. The highest BCUT2D eigenvalue weighted by atomic mass is 32.2. The molecule has 0 amide bonds. The highest BCUT2D eigenvalue weighted by molar-refractivity contribution is 7.91. The minimum atomic E-state index is -3.25. The number of aliphatic hydroxyl groups is 1. The van der Waals surface area contributed by atoms with Crippen LogP contribution in [-0.2, 0) is 14.6 Å². The number of nitrogens with one attached hydrogen (secondary N) is 2. The lowest BCUT2D eigenvalue weighted by molar-refractivity contribution is 0.198. The van der Waals surface area contributed by atoms with Gasteiger partial charge >= 0.3 is 0 Å². The number of aliphatic hydroxyl groups excluding tert-OH is 1. The summed E-state index contributed by atoms with van der Waals surface area (Å²) in [5, 5.41) is 14.8. The highest BCUT2D eigenvalue weighted by Crippen LogP contribution is 2.23. The van der Waals surface area contributed by atoms with Gasteiger partial charge in [-0.25, -0.2) is 13.4 Å². The molecule has 0 aromatic carbocycles. The van der Waals surface area contributed by atoms with E-state index in [1.165, 1.54) is 0 Å². The quantitative estimate of drug-likeness (QED) is 0.420. The zero-order valence-electron chi connectivity index (χ0n) is 13.6. The standard InChI is InChI=1S/C14H26N4O4S/c1-11-10-12(16-5-8-23(20,21)9-6-19)18-14(13(11)15)17-4-3-7-22-2/h10,19H,3-9,15H2,1-2H3,(H2,16,17,18). The van der Waals surface area contributed by atoms with Crippen LogP contribution in [0.1, 0.15) is 12.0 Å². The van der Waals surface area contributed by atoms with Crippen molar-refractivity contribution in [3.8, 4) is 0 Å². The van der Waals surface area contributed by atoms with E-state index in [0.29, 0.717) is 30.5 Å². The van der Waals surface area contributed by atoms with E-state index in [2.05, 4.69) is 15.6 Å². The fourth-order valence-electron chi connectivity index (χ4n) is 1.91. The molecule has 0 aliphatic carbocycles. The molecule has 23 heavy (non-hydrogen) atoms. The Bertz CT molecular complexity index is 593. The van der Waals surface area contributed by atoms with E-state index in [1.54, 1.807) is 13.2 Å². The van der Waals surface area contributed by atoms with Crippen molar-refractivity contribution in [1.29, 1.82) is 0 Å². The molecule has 0 fully saturated rings. The predicted octanol–water partition coefficient (Wildman–Crippen LogP) is 0.240. The van der Waals surface area contributed by atoms with Crippen LogP contribution in [0.25, 0.3) is 0 Å². The fourth-order valence-corrected chi connectivity index (χ4v) is 2.80. The molecule has 1 aromatic rings. The zero-order chi connectivity index (χ0) is 17.3. The van der Waals surface area contributed by atoms with Gasteiger partial charge in [-0.2, -0.15) is 0 Å². The third-order valence-electron chi connectivity index (χ3n) is 3.20. The summed E-state index contributed by atoms with van der Waals surface area (Å²) in [5.74, 6) is 0.844. The monoisotopic (exact) mass is 346 g/mol. The van der Waals surface area contributed by atoms with E-state index in [9.17, 15) is 8.42 Å². The number of hydrogen-bond acceptors (Lipinski definition) is 8. The Morgan fingerprint density at radius 2 is 2.04 bits per heavy atom. The minimum absolute atomic E-state index is 0.0603. The second-order valence-electron chi connectivity index (χ2n) is 5.16. The van der Waals surface area contributed by atoms with Gasteiger partial charge in [-0.15, -0.1) is 0 Å². The smallest absolute Gasteiger partial charge is 0.154 e. The van der Waals surface area contributed by atoms with E-state index in [4.69, 9.17) is 15.6 Å². The van der Waals surface area contributed by atoms with Gasteiger partial charge in [0.25, 0.3) is 0 Å². The fraction of sp³-hybridized carbons (Fsp3) is 0.643. The first-order valence-electron chi connectivity index (χ1n) is 7.44. The van der Waals surface area contributed by atoms with Gasteiger partial charge in [0.1, 0.15) is 5.82 Å². The number of nitrogens with zero attached hydrogens (tertiary/aromatic N) is 1. The summed E-state index contributed by atoms with van der Waals surface area (Å²) >= 11 is 0. The van der Waals surface area contributed by atoms with Gasteiger partial charge in [0.2, 0.25) is 0 Å². The molecule has 0 unspecified atom stereocenters. The molecule has 8 nitrogen and oxygen atoms in total. The minimum Gasteiger partial charge on any atom is -0.396 e. The van der Waals surface area contributed by atoms with Crippen LogP contribution in [0.3, 0.4) is 0 Å². The van der Waals surface area contributed by atoms with Crippen molar-refractivity contribution in [3.63, 3.8) is 0 Å². The molecule has 1 rings (SSSR count). The van der Waals surface area contributed by atoms with Crippen molar-refractivity contribution in [2.24, 2.45) is 0 Å². The molecular weight excluding hydrogens is 320 g/mol. The van der Waals surface area contributed by atoms with Gasteiger partial charge in [0.15, 0.2) is 15.7 Å². The number of anilines is 3. The number of aromatic nitrogens is 1. The summed E-state index contributed by atoms with van der Waals surface area (Å²) in [6, 6.07) is 1.77. The van der Waals surface area contributed by atoms with Crippen molar-refractivity contribution >= 4 is 27.2 Å². The van der Waals surface area contributed by atoms with Crippen LogP contribution in [0.15, 0.2) is 6.07 Å². The van der Waals surface area contributed by atoms with E-state index >= 15 is 0 Å². The van der Waals surface area contributed by atoms with Gasteiger partial charge in [-0.1, -0.05) is 0 Å². The summed E-state index contributed by atoms with van der Waals surface area (Å²) in [5.41, 5.74) is 7.42. The maximum atomic E-state index is 11.5. The van der Waals surface area contributed by atoms with Crippen molar-refractivity contribution < 1.29 is 18.3 Å². The number of methoxy groups -OCH3 is 1. The Morgan fingerprint density at radius 3 is 2.70 bits per heavy atom. The molecule has 0 saturated heterocycles. The summed E-state index contributed by atoms with van der Waals surface area (Å²) in [6.45, 7) is 3.05. The molecule has 1 aromatic heterocycles. The largest absolute Gasteiger partial charge is 0.396 e. The maximum Gasteiger partial charge on any atom is 0.154 e. The predicted molar refractivity (Wildman–Crippen MR) is 92.6 cm³/mol. The normalized spacial score (nSPS) is 11.4. The zero-order valence-corrected chi connectivity index (χ0v) is 14.4. The molecule has 0 bridgehead atoms. The van der Waals surface area contributed by atoms with Crippen LogP contribution >= 0.6 is 0 Å². The van der Waals surface area contributed by atoms with Crippen LogP contribution < -0.4 is 16.4 Å². The number of pyridine rings is 1. The number of rotatable bonds is 11. The second-order valence-corrected chi connectivity index (χ2v) is 7.47. The van der Waals surface area contributed by atoms with E-state index in [0.717, 1.165) is 12.0 Å². The molecule has 9 heteroatoms. The second kappa shape index (κ2) is 9.53. The van der Waals surface area contributed by atoms with Crippen LogP contribution in [-0.4, -0.2) is 63.4 Å². The number of ether oxygens (including phenoxy) is 1. The first-order valence-corrected chi connectivity index (χ1v) is 9.27. The third-order valence-corrected chi connectivity index (χ3v) is 4.84. The Morgan fingerprint density at radius 1 is 1.30 bits per heavy atom. The van der Waals surface area contributed by atoms with E-state index in [1.807, 2.05) is 6.92 Å². The van der Waals surface area contributed by atoms with Crippen LogP contribution in [0, 0.1) is 6.92 Å². The molecule has 0 radical (unpaired) electrons. The van der Waals surface area contributed by atoms with E-state index < -0.39 is 9.84 Å². The molecule has 0 aliphatic rings. The van der Waals surface area contributed by atoms with Crippen molar-refractivity contribution in [1.82, 2.24) is 4.98 Å². The van der Waals surface area contributed by atoms with Crippen LogP contribution in [0.4, 0.5) is 17.3 Å². The van der Waals surface area contributed by atoms with Crippen LogP contribution in [0.5, 0.6) is 0 Å². The number of nitrogens with two attached hydrogens (primary N) is 1. The van der Waals surface area contributed by atoms with Gasteiger partial charge in [-0.3, -0.25) is 0 Å². The Kier molecular flexibility index (Phi) is 8.07. The summed E-state index contributed by atoms with van der Waals surface area (Å²) in [4.78, 5) is 4.36. The molecule has 0 saturated carbocycles. The van der Waals surface area contributed by atoms with Gasteiger partial charge in [0, 0.05) is 26.8 Å². The van der Waals surface area contributed by atoms with Crippen molar-refractivity contribution in [3.05, 3.63) is 11.6 Å².